The molecule has 5 nitrogen and oxygen atoms in total. The monoisotopic (exact) mass is 300 g/mol. The molecule has 0 saturated carbocycles. The Morgan fingerprint density at radius 1 is 1.09 bits per heavy atom. The maximum Gasteiger partial charge on any atom is 0.321 e. The third-order valence-corrected chi connectivity index (χ3v) is 3.26. The van der Waals surface area contributed by atoms with Crippen molar-refractivity contribution in [3.8, 4) is 11.5 Å². The summed E-state index contributed by atoms with van der Waals surface area (Å²) < 4.78 is 10.4. The van der Waals surface area contributed by atoms with E-state index in [0.29, 0.717) is 23.7 Å². The molecule has 0 atom stereocenters. The van der Waals surface area contributed by atoms with Crippen molar-refractivity contribution >= 4 is 11.7 Å². The first-order valence-electron chi connectivity index (χ1n) is 6.92. The molecule has 22 heavy (non-hydrogen) atoms. The van der Waals surface area contributed by atoms with E-state index in [1.807, 2.05) is 30.3 Å². The summed E-state index contributed by atoms with van der Waals surface area (Å²) in [7, 11) is 4.88. The van der Waals surface area contributed by atoms with Gasteiger partial charge in [0.1, 0.15) is 11.5 Å². The quantitative estimate of drug-likeness (QED) is 0.921. The van der Waals surface area contributed by atoms with E-state index in [-0.39, 0.29) is 6.03 Å². The summed E-state index contributed by atoms with van der Waals surface area (Å²) in [5.74, 6) is 1.24. The zero-order chi connectivity index (χ0) is 15.9. The molecule has 0 aliphatic carbocycles. The number of methoxy groups -OCH3 is 2. The van der Waals surface area contributed by atoms with Gasteiger partial charge in [-0.1, -0.05) is 30.3 Å². The fourth-order valence-electron chi connectivity index (χ4n) is 2.05. The van der Waals surface area contributed by atoms with Crippen molar-refractivity contribution in [3.63, 3.8) is 0 Å². The molecule has 0 aliphatic rings. The largest absolute Gasteiger partial charge is 0.497 e. The number of carbonyl (C=O) groups excluding carboxylic acids is 1. The second-order valence-corrected chi connectivity index (χ2v) is 4.84. The molecular formula is C17H20N2O3. The number of ether oxygens (including phenoxy) is 2. The summed E-state index contributed by atoms with van der Waals surface area (Å²) in [4.78, 5) is 13.9. The van der Waals surface area contributed by atoms with E-state index >= 15 is 0 Å². The van der Waals surface area contributed by atoms with E-state index in [0.717, 1.165) is 5.56 Å². The van der Waals surface area contributed by atoms with Gasteiger partial charge in [-0.25, -0.2) is 4.79 Å². The minimum Gasteiger partial charge on any atom is -0.497 e. The first-order valence-corrected chi connectivity index (χ1v) is 6.92. The molecule has 2 aromatic rings. The van der Waals surface area contributed by atoms with Gasteiger partial charge in [-0.05, 0) is 17.7 Å². The average Bonchev–Trinajstić information content (AvgIpc) is 2.55. The number of carbonyl (C=O) groups is 1. The molecule has 5 heteroatoms. The number of amides is 2. The zero-order valence-electron chi connectivity index (χ0n) is 13.0. The van der Waals surface area contributed by atoms with Gasteiger partial charge in [0.2, 0.25) is 0 Å². The van der Waals surface area contributed by atoms with Crippen LogP contribution in [0.3, 0.4) is 0 Å². The van der Waals surface area contributed by atoms with Crippen molar-refractivity contribution in [2.24, 2.45) is 0 Å². The molecule has 2 amide bonds. The maximum atomic E-state index is 12.3. The Labute approximate surface area is 130 Å². The molecule has 116 valence electrons. The van der Waals surface area contributed by atoms with Gasteiger partial charge in [0.05, 0.1) is 19.9 Å². The highest BCUT2D eigenvalue weighted by molar-refractivity contribution is 5.91. The Bertz CT molecular complexity index is 629. The molecule has 1 N–H and O–H groups in total. The minimum absolute atomic E-state index is 0.213. The number of nitrogens with one attached hydrogen (secondary N) is 1. The van der Waals surface area contributed by atoms with E-state index in [2.05, 4.69) is 5.32 Å². The smallest absolute Gasteiger partial charge is 0.321 e. The second-order valence-electron chi connectivity index (χ2n) is 4.84. The van der Waals surface area contributed by atoms with Crippen LogP contribution in [-0.2, 0) is 6.54 Å². The lowest BCUT2D eigenvalue weighted by atomic mass is 10.2. The Kier molecular flexibility index (Phi) is 5.25. The van der Waals surface area contributed by atoms with Crippen LogP contribution < -0.4 is 14.8 Å². The third kappa shape index (κ3) is 3.91. The van der Waals surface area contributed by atoms with Gasteiger partial charge in [0, 0.05) is 19.7 Å². The van der Waals surface area contributed by atoms with Crippen molar-refractivity contribution in [2.45, 2.75) is 6.54 Å². The van der Waals surface area contributed by atoms with E-state index < -0.39 is 0 Å². The molecule has 2 rings (SSSR count). The van der Waals surface area contributed by atoms with Gasteiger partial charge in [-0.3, -0.25) is 0 Å². The second kappa shape index (κ2) is 7.36. The summed E-state index contributed by atoms with van der Waals surface area (Å²) in [5.41, 5.74) is 1.64. The SMILES string of the molecule is COc1ccc(OC)c(NC(=O)N(C)Cc2ccccc2)c1. The number of nitrogens with zero attached hydrogens (tertiary/aromatic N) is 1. The summed E-state index contributed by atoms with van der Waals surface area (Å²) in [6, 6.07) is 14.9. The average molecular weight is 300 g/mol. The van der Waals surface area contributed by atoms with E-state index in [1.54, 1.807) is 44.4 Å². The van der Waals surface area contributed by atoms with Crippen LogP contribution in [-0.4, -0.2) is 32.2 Å². The van der Waals surface area contributed by atoms with Crippen molar-refractivity contribution < 1.29 is 14.3 Å². The van der Waals surface area contributed by atoms with Crippen LogP contribution in [0.5, 0.6) is 11.5 Å². The lowest BCUT2D eigenvalue weighted by Crippen LogP contribution is -2.30. The predicted octanol–water partition coefficient (Wildman–Crippen LogP) is 3.37. The molecule has 0 heterocycles. The molecular weight excluding hydrogens is 280 g/mol. The van der Waals surface area contributed by atoms with Crippen LogP contribution >= 0.6 is 0 Å². The first kappa shape index (κ1) is 15.7. The van der Waals surface area contributed by atoms with E-state index in [1.165, 1.54) is 0 Å². The highest BCUT2D eigenvalue weighted by atomic mass is 16.5. The Balaban J connectivity index is 2.07. The number of anilines is 1. The highest BCUT2D eigenvalue weighted by Crippen LogP contribution is 2.29. The van der Waals surface area contributed by atoms with Gasteiger partial charge < -0.3 is 19.7 Å². The topological polar surface area (TPSA) is 50.8 Å². The number of rotatable bonds is 5. The van der Waals surface area contributed by atoms with Crippen molar-refractivity contribution in [2.75, 3.05) is 26.6 Å². The van der Waals surface area contributed by atoms with Gasteiger partial charge in [0.15, 0.2) is 0 Å². The van der Waals surface area contributed by atoms with Gasteiger partial charge in [0.25, 0.3) is 0 Å². The van der Waals surface area contributed by atoms with Crippen LogP contribution in [0.25, 0.3) is 0 Å². The number of hydrogen-bond donors (Lipinski definition) is 1. The minimum atomic E-state index is -0.213. The lowest BCUT2D eigenvalue weighted by molar-refractivity contribution is 0.220. The molecule has 2 aromatic carbocycles. The van der Waals surface area contributed by atoms with Gasteiger partial charge in [-0.15, -0.1) is 0 Å². The third-order valence-electron chi connectivity index (χ3n) is 3.26. The van der Waals surface area contributed by atoms with E-state index in [9.17, 15) is 4.79 Å². The summed E-state index contributed by atoms with van der Waals surface area (Å²) in [6.07, 6.45) is 0. The zero-order valence-corrected chi connectivity index (χ0v) is 13.0. The maximum absolute atomic E-state index is 12.3. The predicted molar refractivity (Wildman–Crippen MR) is 86.5 cm³/mol. The molecule has 0 saturated heterocycles. The highest BCUT2D eigenvalue weighted by Gasteiger charge is 2.13. The number of benzene rings is 2. The van der Waals surface area contributed by atoms with Crippen LogP contribution in [0.1, 0.15) is 5.56 Å². The van der Waals surface area contributed by atoms with Gasteiger partial charge in [-0.2, -0.15) is 0 Å². The van der Waals surface area contributed by atoms with E-state index in [4.69, 9.17) is 9.47 Å². The van der Waals surface area contributed by atoms with Crippen LogP contribution in [0, 0.1) is 0 Å². The molecule has 0 fully saturated rings. The normalized spacial score (nSPS) is 9.95. The summed E-state index contributed by atoms with van der Waals surface area (Å²) in [5, 5.41) is 2.84. The molecule has 0 spiro atoms. The molecule has 0 aliphatic heterocycles. The number of urea groups is 1. The van der Waals surface area contributed by atoms with Crippen molar-refractivity contribution in [3.05, 3.63) is 54.1 Å². The Morgan fingerprint density at radius 3 is 2.45 bits per heavy atom. The lowest BCUT2D eigenvalue weighted by Gasteiger charge is -2.19. The molecule has 0 radical (unpaired) electrons. The molecule has 0 aromatic heterocycles. The molecule has 0 unspecified atom stereocenters. The summed E-state index contributed by atoms with van der Waals surface area (Å²) in [6.45, 7) is 0.527. The van der Waals surface area contributed by atoms with Gasteiger partial charge >= 0.3 is 6.03 Å². The Hall–Kier alpha value is -2.69. The first-order chi connectivity index (χ1) is 10.6. The van der Waals surface area contributed by atoms with Crippen molar-refractivity contribution in [1.82, 2.24) is 4.90 Å². The fraction of sp³-hybridized carbons (Fsp3) is 0.235. The van der Waals surface area contributed by atoms with Crippen molar-refractivity contribution in [1.29, 1.82) is 0 Å². The fourth-order valence-corrected chi connectivity index (χ4v) is 2.05. The Morgan fingerprint density at radius 2 is 1.82 bits per heavy atom. The van der Waals surface area contributed by atoms with Crippen LogP contribution in [0.15, 0.2) is 48.5 Å². The van der Waals surface area contributed by atoms with Crippen LogP contribution in [0.2, 0.25) is 0 Å². The summed E-state index contributed by atoms with van der Waals surface area (Å²) >= 11 is 0. The number of hydrogen-bond acceptors (Lipinski definition) is 3. The molecule has 0 bridgehead atoms. The van der Waals surface area contributed by atoms with Crippen LogP contribution in [0.4, 0.5) is 10.5 Å². The standard InChI is InChI=1S/C17H20N2O3/c1-19(12-13-7-5-4-6-8-13)17(20)18-15-11-14(21-2)9-10-16(15)22-3/h4-11H,12H2,1-3H3,(H,18,20).